The van der Waals surface area contributed by atoms with Crippen LogP contribution < -0.4 is 24.4 Å². The second kappa shape index (κ2) is 9.62. The van der Waals surface area contributed by atoms with Crippen LogP contribution in [0.4, 0.5) is 0 Å². The van der Waals surface area contributed by atoms with Gasteiger partial charge < -0.3 is 14.2 Å². The molecular weight excluding hydrogens is 476 g/mol. The summed E-state index contributed by atoms with van der Waals surface area (Å²) >= 11 is 1.30. The molecule has 1 aromatic heterocycles. The average molecular weight is 503 g/mol. The molecule has 0 unspecified atom stereocenters. The largest absolute Gasteiger partial charge is 0.497 e. The van der Waals surface area contributed by atoms with Gasteiger partial charge in [0.2, 0.25) is 0 Å². The summed E-state index contributed by atoms with van der Waals surface area (Å²) in [5.41, 5.74) is 3.28. The van der Waals surface area contributed by atoms with Crippen LogP contribution in [0.3, 0.4) is 0 Å². The van der Waals surface area contributed by atoms with E-state index in [2.05, 4.69) is 4.99 Å². The molecule has 7 nitrogen and oxygen atoms in total. The van der Waals surface area contributed by atoms with E-state index in [0.29, 0.717) is 26.4 Å². The molecule has 0 aliphatic carbocycles. The number of methoxy groups -OCH3 is 1. The van der Waals surface area contributed by atoms with Crippen molar-refractivity contribution in [2.75, 3.05) is 13.7 Å². The first kappa shape index (κ1) is 23.8. The normalized spacial score (nSPS) is 19.0. The summed E-state index contributed by atoms with van der Waals surface area (Å²) in [6, 6.07) is 14.5. The fourth-order valence-corrected chi connectivity index (χ4v) is 5.51. The Hall–Kier alpha value is -3.91. The molecule has 36 heavy (non-hydrogen) atoms. The fourth-order valence-electron chi connectivity index (χ4n) is 4.47. The summed E-state index contributed by atoms with van der Waals surface area (Å²) in [5.74, 6) is 1.02. The Balaban J connectivity index is 1.68. The van der Waals surface area contributed by atoms with Gasteiger partial charge in [0, 0.05) is 5.56 Å². The molecule has 0 radical (unpaired) electrons. The number of hydrogen-bond donors (Lipinski definition) is 0. The maximum Gasteiger partial charge on any atom is 0.338 e. The smallest absolute Gasteiger partial charge is 0.338 e. The average Bonchev–Trinajstić information content (AvgIpc) is 3.18. The molecule has 0 N–H and O–H groups in total. The topological polar surface area (TPSA) is 79.1 Å². The van der Waals surface area contributed by atoms with Gasteiger partial charge in [-0.2, -0.15) is 0 Å². The Morgan fingerprint density at radius 1 is 1.19 bits per heavy atom. The number of carbonyl (C=O) groups excluding carboxylic acids is 1. The van der Waals surface area contributed by atoms with Crippen molar-refractivity contribution < 1.29 is 19.0 Å². The minimum Gasteiger partial charge on any atom is -0.497 e. The number of benzene rings is 2. The van der Waals surface area contributed by atoms with Crippen LogP contribution in [-0.4, -0.2) is 30.4 Å². The van der Waals surface area contributed by atoms with Crippen LogP contribution in [-0.2, 0) is 9.53 Å². The monoisotopic (exact) mass is 502 g/mol. The summed E-state index contributed by atoms with van der Waals surface area (Å²) in [7, 11) is 1.59. The Morgan fingerprint density at radius 2 is 1.94 bits per heavy atom. The molecule has 0 amide bonds. The minimum absolute atomic E-state index is 0.215. The van der Waals surface area contributed by atoms with Gasteiger partial charge in [0.1, 0.15) is 17.6 Å². The van der Waals surface area contributed by atoms with Gasteiger partial charge in [-0.25, -0.2) is 9.79 Å². The van der Waals surface area contributed by atoms with Crippen LogP contribution >= 0.6 is 11.3 Å². The van der Waals surface area contributed by atoms with Crippen molar-refractivity contribution >= 4 is 29.5 Å². The Kier molecular flexibility index (Phi) is 6.36. The molecule has 3 heterocycles. The first-order chi connectivity index (χ1) is 17.4. The number of para-hydroxylation sites is 1. The number of aromatic nitrogens is 1. The van der Waals surface area contributed by atoms with E-state index in [1.54, 1.807) is 25.5 Å². The number of hydrogen-bond acceptors (Lipinski definition) is 7. The Bertz CT molecular complexity index is 1580. The quantitative estimate of drug-likeness (QED) is 0.498. The molecule has 2 atom stereocenters. The number of ether oxygens (including phenoxy) is 3. The highest BCUT2D eigenvalue weighted by Gasteiger charge is 2.33. The lowest BCUT2D eigenvalue weighted by Gasteiger charge is -2.24. The predicted molar refractivity (Wildman–Crippen MR) is 139 cm³/mol. The van der Waals surface area contributed by atoms with Gasteiger partial charge in [0.15, 0.2) is 4.80 Å². The zero-order valence-corrected chi connectivity index (χ0v) is 21.3. The highest BCUT2D eigenvalue weighted by Crippen LogP contribution is 2.32. The van der Waals surface area contributed by atoms with Crippen molar-refractivity contribution in [3.05, 3.63) is 96.2 Å². The van der Waals surface area contributed by atoms with Crippen molar-refractivity contribution in [1.82, 2.24) is 4.57 Å². The fraction of sp³-hybridized carbons (Fsp3) is 0.250. The molecule has 2 aliphatic rings. The van der Waals surface area contributed by atoms with Gasteiger partial charge in [0.05, 0.1) is 35.6 Å². The lowest BCUT2D eigenvalue weighted by Crippen LogP contribution is -2.40. The van der Waals surface area contributed by atoms with E-state index >= 15 is 0 Å². The van der Waals surface area contributed by atoms with Gasteiger partial charge in [-0.1, -0.05) is 41.7 Å². The van der Waals surface area contributed by atoms with Crippen molar-refractivity contribution in [1.29, 1.82) is 0 Å². The number of rotatable bonds is 5. The molecule has 2 aromatic carbocycles. The SMILES string of the molecule is CCOC(=O)C1=C(C)N=c2s/c(=C\C3=Cc4ccccc4O[C@@H]3C)c(=O)n2[C@H]1c1ccc(OC)cc1. The molecule has 0 bridgehead atoms. The maximum absolute atomic E-state index is 13.8. The van der Waals surface area contributed by atoms with Crippen LogP contribution in [0.2, 0.25) is 0 Å². The van der Waals surface area contributed by atoms with Crippen LogP contribution in [0.15, 0.2) is 75.2 Å². The number of esters is 1. The predicted octanol–water partition coefficient (Wildman–Crippen LogP) is 3.62. The number of thiazole rings is 1. The molecule has 0 saturated carbocycles. The van der Waals surface area contributed by atoms with E-state index in [9.17, 15) is 9.59 Å². The lowest BCUT2D eigenvalue weighted by molar-refractivity contribution is -0.139. The van der Waals surface area contributed by atoms with Gasteiger partial charge in [-0.3, -0.25) is 9.36 Å². The molecule has 8 heteroatoms. The highest BCUT2D eigenvalue weighted by atomic mass is 32.1. The van der Waals surface area contributed by atoms with Crippen LogP contribution in [0.5, 0.6) is 11.5 Å². The molecule has 0 saturated heterocycles. The van der Waals surface area contributed by atoms with E-state index in [-0.39, 0.29) is 18.3 Å². The minimum atomic E-state index is -0.664. The zero-order chi connectivity index (χ0) is 25.4. The Morgan fingerprint density at radius 3 is 2.67 bits per heavy atom. The molecule has 2 aliphatic heterocycles. The summed E-state index contributed by atoms with van der Waals surface area (Å²) < 4.78 is 18.8. The third-order valence-electron chi connectivity index (χ3n) is 6.26. The summed E-state index contributed by atoms with van der Waals surface area (Å²) in [6.45, 7) is 5.71. The van der Waals surface area contributed by atoms with E-state index in [4.69, 9.17) is 14.2 Å². The van der Waals surface area contributed by atoms with E-state index in [1.165, 1.54) is 11.3 Å². The van der Waals surface area contributed by atoms with Crippen molar-refractivity contribution in [3.63, 3.8) is 0 Å². The molecule has 184 valence electrons. The van der Waals surface area contributed by atoms with Crippen molar-refractivity contribution in [2.24, 2.45) is 4.99 Å². The molecule has 5 rings (SSSR count). The molecule has 3 aromatic rings. The van der Waals surface area contributed by atoms with Gasteiger partial charge in [-0.05, 0) is 62.3 Å². The second-order valence-electron chi connectivity index (χ2n) is 8.52. The van der Waals surface area contributed by atoms with Crippen LogP contribution in [0.25, 0.3) is 12.2 Å². The molecule has 0 spiro atoms. The van der Waals surface area contributed by atoms with Gasteiger partial charge in [0.25, 0.3) is 5.56 Å². The third kappa shape index (κ3) is 4.18. The summed E-state index contributed by atoms with van der Waals surface area (Å²) in [5, 5.41) is 0. The third-order valence-corrected chi connectivity index (χ3v) is 7.24. The van der Waals surface area contributed by atoms with Gasteiger partial charge >= 0.3 is 5.97 Å². The van der Waals surface area contributed by atoms with Crippen LogP contribution in [0, 0.1) is 0 Å². The van der Waals surface area contributed by atoms with E-state index in [0.717, 1.165) is 22.4 Å². The number of nitrogens with zero attached hydrogens (tertiary/aromatic N) is 2. The highest BCUT2D eigenvalue weighted by molar-refractivity contribution is 7.07. The maximum atomic E-state index is 13.8. The van der Waals surface area contributed by atoms with Crippen molar-refractivity contribution in [2.45, 2.75) is 32.9 Å². The number of carbonyl (C=O) groups is 1. The number of allylic oxidation sites excluding steroid dienone is 1. The zero-order valence-electron chi connectivity index (χ0n) is 20.5. The van der Waals surface area contributed by atoms with E-state index in [1.807, 2.05) is 67.6 Å². The summed E-state index contributed by atoms with van der Waals surface area (Å²) in [6.07, 6.45) is 3.68. The van der Waals surface area contributed by atoms with Crippen LogP contribution in [0.1, 0.15) is 37.9 Å². The standard InChI is InChI=1S/C28H26N2O5S/c1-5-34-27(32)24-16(2)29-28-30(25(24)18-10-12-21(33-4)13-11-18)26(31)23(36-28)15-20-14-19-8-6-7-9-22(19)35-17(20)3/h6-15,17,25H,5H2,1-4H3/b23-15-/t17-,25+/m1/s1. The Labute approximate surface area is 212 Å². The van der Waals surface area contributed by atoms with E-state index < -0.39 is 12.0 Å². The first-order valence-electron chi connectivity index (χ1n) is 11.7. The molecule has 0 fully saturated rings. The molecular formula is C28H26N2O5S. The lowest BCUT2D eigenvalue weighted by atomic mass is 9.96. The first-order valence-corrected chi connectivity index (χ1v) is 12.5. The second-order valence-corrected chi connectivity index (χ2v) is 9.53. The summed E-state index contributed by atoms with van der Waals surface area (Å²) in [4.78, 5) is 32.0. The van der Waals surface area contributed by atoms with Crippen molar-refractivity contribution in [3.8, 4) is 11.5 Å². The number of fused-ring (bicyclic) bond motifs is 2. The van der Waals surface area contributed by atoms with Gasteiger partial charge in [-0.15, -0.1) is 0 Å².